The molecule has 23 aromatic rings. The Morgan fingerprint density at radius 2 is 0.758 bits per heavy atom. The first-order valence-corrected chi connectivity index (χ1v) is 30.9. The van der Waals surface area contributed by atoms with E-state index in [2.05, 4.69) is 221 Å². The van der Waals surface area contributed by atoms with Crippen molar-refractivity contribution in [1.29, 1.82) is 0 Å². The number of halogens is 3. The van der Waals surface area contributed by atoms with Gasteiger partial charge >= 0.3 is 6.18 Å². The summed E-state index contributed by atoms with van der Waals surface area (Å²) in [5.41, 5.74) is 20.3. The second kappa shape index (κ2) is 21.1. The SMILES string of the molecule is Cc1ccc(-c2ccc3c(c2)c2cc(-c4ccc(C)cc4C)ccc2n3-c2cc3ccc2c2cc(C(F)(F)F)ccc2n2c4ccc(-c5ccc(C)cc5C)cc4c4cc(ccc42)c2ccc(cc2C)c2cccc(c2)c2nc(-c4ccccc4)nc3n2)c(C)c1. The van der Waals surface area contributed by atoms with Crippen molar-refractivity contribution >= 4 is 104 Å². The lowest BCUT2D eigenvalue weighted by Gasteiger charge is -2.15. The van der Waals surface area contributed by atoms with E-state index in [4.69, 9.17) is 15.0 Å². The van der Waals surface area contributed by atoms with Crippen LogP contribution in [0.5, 0.6) is 0 Å². The van der Waals surface area contributed by atoms with Gasteiger partial charge in [-0.3, -0.25) is 0 Å². The van der Waals surface area contributed by atoms with E-state index >= 15 is 13.2 Å². The van der Waals surface area contributed by atoms with Crippen LogP contribution in [0.4, 0.5) is 13.2 Å². The van der Waals surface area contributed by atoms with Crippen LogP contribution in [0, 0.1) is 48.5 Å². The molecule has 0 unspecified atom stereocenters. The maximum atomic E-state index is 15.8. The average molecular weight is 1180 g/mol. The Labute approximate surface area is 524 Å². The highest BCUT2D eigenvalue weighted by Gasteiger charge is 2.31. The van der Waals surface area contributed by atoms with Gasteiger partial charge in [0, 0.05) is 48.7 Å². The summed E-state index contributed by atoms with van der Waals surface area (Å²) in [5, 5.41) is 10.5. The normalized spacial score (nSPS) is 12.1. The van der Waals surface area contributed by atoms with E-state index in [9.17, 15) is 0 Å². The minimum atomic E-state index is -4.69. The van der Waals surface area contributed by atoms with E-state index in [1.54, 1.807) is 6.07 Å². The maximum absolute atomic E-state index is 15.8. The van der Waals surface area contributed by atoms with Crippen LogP contribution >= 0.6 is 0 Å². The third-order valence-electron chi connectivity index (χ3n) is 18.6. The zero-order valence-corrected chi connectivity index (χ0v) is 51.4. The highest BCUT2D eigenvalue weighted by atomic mass is 19.4. The van der Waals surface area contributed by atoms with Crippen molar-refractivity contribution in [1.82, 2.24) is 23.9 Å². The molecule has 0 aliphatic carbocycles. The van der Waals surface area contributed by atoms with Crippen molar-refractivity contribution in [3.63, 3.8) is 0 Å². The van der Waals surface area contributed by atoms with Gasteiger partial charge in [-0.2, -0.15) is 13.2 Å². The van der Waals surface area contributed by atoms with E-state index < -0.39 is 11.7 Å². The number of rotatable bonds is 5. The van der Waals surface area contributed by atoms with Crippen LogP contribution in [0.3, 0.4) is 0 Å². The summed E-state index contributed by atoms with van der Waals surface area (Å²) in [4.78, 5) is 15.9. The molecule has 11 heterocycles. The Bertz CT molecular complexity index is 5800. The monoisotopic (exact) mass is 1180 g/mol. The standard InChI is InChI=1S/C83H60F3N5/c1-47-16-26-64(50(4)36-47)57-21-31-74-69(41-57)70-44-60-22-32-75(70)90(74)78-35-25-63(83(84,85)86)46-73(78)68-30-20-62(82-88-80(54-12-9-8-10-13-54)87-81(89-82)61-15-11-14-55(40-61)56-19-29-67(60)53(7)39-56)45-79(68)91-76-33-23-58(65-27-17-48(2)37-51(65)5)42-71(76)72-43-59(24-34-77(72)91)66-28-18-49(3)38-52(66)6/h8-46H,1-7H3. The van der Waals surface area contributed by atoms with Gasteiger partial charge in [-0.15, -0.1) is 0 Å². The van der Waals surface area contributed by atoms with Crippen molar-refractivity contribution in [3.05, 3.63) is 281 Å². The number of benzene rings is 12. The fourth-order valence-corrected chi connectivity index (χ4v) is 14.2. The second-order valence-corrected chi connectivity index (χ2v) is 24.8. The van der Waals surface area contributed by atoms with E-state index in [0.29, 0.717) is 44.5 Å². The van der Waals surface area contributed by atoms with Gasteiger partial charge < -0.3 is 8.97 Å². The fourth-order valence-electron chi connectivity index (χ4n) is 14.2. The number of nitrogens with zero attached hydrogens (tertiary/aromatic N) is 5. The Morgan fingerprint density at radius 1 is 0.297 bits per heavy atom. The predicted molar refractivity (Wildman–Crippen MR) is 374 cm³/mol. The van der Waals surface area contributed by atoms with Crippen molar-refractivity contribution < 1.29 is 13.2 Å². The minimum Gasteiger partial charge on any atom is -0.309 e. The molecular weight excluding hydrogens is 1120 g/mol. The zero-order chi connectivity index (χ0) is 62.1. The highest BCUT2D eigenvalue weighted by Crippen LogP contribution is 2.44. The summed E-state index contributed by atoms with van der Waals surface area (Å²) in [6.45, 7) is 14.9. The molecule has 0 N–H and O–H groups in total. The lowest BCUT2D eigenvalue weighted by atomic mass is 9.95. The Hall–Kier alpha value is -11.0. The van der Waals surface area contributed by atoms with E-state index in [1.165, 1.54) is 28.8 Å². The summed E-state index contributed by atoms with van der Waals surface area (Å²) in [7, 11) is 0. The fraction of sp³-hybridized carbons (Fsp3) is 0.0964. The lowest BCUT2D eigenvalue weighted by Crippen LogP contribution is -2.05. The van der Waals surface area contributed by atoms with E-state index in [-0.39, 0.29) is 0 Å². The van der Waals surface area contributed by atoms with Crippen LogP contribution in [0.25, 0.3) is 154 Å². The molecule has 0 fully saturated rings. The molecule has 11 aromatic heterocycles. The van der Waals surface area contributed by atoms with Gasteiger partial charge in [0.2, 0.25) is 0 Å². The lowest BCUT2D eigenvalue weighted by molar-refractivity contribution is -0.137. The summed E-state index contributed by atoms with van der Waals surface area (Å²) < 4.78 is 51.9. The highest BCUT2D eigenvalue weighted by molar-refractivity contribution is 6.17. The molecule has 12 bridgehead atoms. The van der Waals surface area contributed by atoms with Crippen LogP contribution in [0.1, 0.15) is 44.5 Å². The molecule has 0 saturated carbocycles. The topological polar surface area (TPSA) is 48.0 Å². The Kier molecular flexibility index (Phi) is 12.8. The first-order chi connectivity index (χ1) is 44.1. The molecule has 23 rings (SSSR count). The molecule has 0 saturated heterocycles. The first-order valence-electron chi connectivity index (χ1n) is 30.9. The molecule has 0 aliphatic rings. The molecule has 0 atom stereocenters. The number of fused-ring (bicyclic) bond motifs is 4. The van der Waals surface area contributed by atoms with Gasteiger partial charge in [0.15, 0.2) is 17.1 Å². The van der Waals surface area contributed by atoms with Gasteiger partial charge in [-0.25, -0.2) is 15.0 Å². The number of aromatic nitrogens is 5. The van der Waals surface area contributed by atoms with Crippen LogP contribution in [0.15, 0.2) is 237 Å². The quantitative estimate of drug-likeness (QED) is 0.173. The van der Waals surface area contributed by atoms with Gasteiger partial charge in [0.1, 0.15) is 0 Å². The van der Waals surface area contributed by atoms with Crippen molar-refractivity contribution in [3.8, 4) is 50.5 Å². The third kappa shape index (κ3) is 9.43. The number of alkyl halides is 3. The molecular formula is C83H60F3N5. The van der Waals surface area contributed by atoms with Gasteiger partial charge in [0.05, 0.1) is 38.8 Å². The number of hydrogen-bond acceptors (Lipinski definition) is 3. The third-order valence-corrected chi connectivity index (χ3v) is 18.6. The van der Waals surface area contributed by atoms with Crippen molar-refractivity contribution in [2.24, 2.45) is 0 Å². The van der Waals surface area contributed by atoms with Crippen LogP contribution < -0.4 is 0 Å². The largest absolute Gasteiger partial charge is 0.416 e. The van der Waals surface area contributed by atoms with Crippen LogP contribution in [0.2, 0.25) is 0 Å². The maximum Gasteiger partial charge on any atom is 0.416 e. The van der Waals surface area contributed by atoms with Crippen LogP contribution in [-0.4, -0.2) is 23.9 Å². The Balaban J connectivity index is 1.13. The number of aryl methyl sites for hydroxylation is 7. The molecule has 0 radical (unpaired) electrons. The molecule has 0 amide bonds. The molecule has 0 spiro atoms. The van der Waals surface area contributed by atoms with Gasteiger partial charge in [-0.05, 0) is 205 Å². The van der Waals surface area contributed by atoms with Gasteiger partial charge in [0.25, 0.3) is 0 Å². The molecule has 438 valence electrons. The number of hydrogen-bond donors (Lipinski definition) is 0. The van der Waals surface area contributed by atoms with E-state index in [1.807, 2.05) is 54.6 Å². The smallest absolute Gasteiger partial charge is 0.309 e. The minimum absolute atomic E-state index is 0.391. The summed E-state index contributed by atoms with van der Waals surface area (Å²) >= 11 is 0. The zero-order valence-electron chi connectivity index (χ0n) is 51.4. The molecule has 5 nitrogen and oxygen atoms in total. The summed E-state index contributed by atoms with van der Waals surface area (Å²) in [6.07, 6.45) is -4.69. The van der Waals surface area contributed by atoms with Crippen LogP contribution in [-0.2, 0) is 6.18 Å². The predicted octanol–water partition coefficient (Wildman–Crippen LogP) is 22.8. The summed E-state index contributed by atoms with van der Waals surface area (Å²) in [5.74, 6) is 0.485. The average Bonchev–Trinajstić information content (AvgIpc) is 1.62. The summed E-state index contributed by atoms with van der Waals surface area (Å²) in [6, 6.07) is 81.0. The Morgan fingerprint density at radius 3 is 1.32 bits per heavy atom. The molecule has 12 aromatic carbocycles. The second-order valence-electron chi connectivity index (χ2n) is 24.8. The molecule has 0 aliphatic heterocycles. The molecule has 91 heavy (non-hydrogen) atoms. The van der Waals surface area contributed by atoms with E-state index in [0.717, 1.165) is 132 Å². The van der Waals surface area contributed by atoms with Crippen molar-refractivity contribution in [2.75, 3.05) is 0 Å². The molecule has 8 heteroatoms. The van der Waals surface area contributed by atoms with Gasteiger partial charge in [-0.1, -0.05) is 174 Å². The first kappa shape index (κ1) is 55.4. The van der Waals surface area contributed by atoms with Crippen molar-refractivity contribution in [2.45, 2.75) is 54.6 Å².